The molecule has 1 fully saturated rings. The van der Waals surface area contributed by atoms with Crippen LogP contribution < -0.4 is 0 Å². The average Bonchev–Trinajstić information content (AvgIpc) is 2.75. The molecule has 5 heteroatoms. The van der Waals surface area contributed by atoms with E-state index in [1.54, 1.807) is 10.7 Å². The van der Waals surface area contributed by atoms with Gasteiger partial charge in [-0.05, 0) is 26.8 Å². The Morgan fingerprint density at radius 2 is 2.12 bits per heavy atom. The van der Waals surface area contributed by atoms with Crippen LogP contribution in [0.3, 0.4) is 0 Å². The molecule has 0 aliphatic carbocycles. The van der Waals surface area contributed by atoms with E-state index < -0.39 is 0 Å². The van der Waals surface area contributed by atoms with Crippen LogP contribution in [0.2, 0.25) is 0 Å². The molecule has 0 aromatic carbocycles. The van der Waals surface area contributed by atoms with Crippen LogP contribution >= 0.6 is 0 Å². The fraction of sp³-hybridized carbons (Fsp3) is 0.667. The van der Waals surface area contributed by atoms with E-state index in [-0.39, 0.29) is 18.1 Å². The smallest absolute Gasteiger partial charge is 0.274 e. The van der Waals surface area contributed by atoms with Gasteiger partial charge in [0.05, 0.1) is 12.2 Å². The molecule has 1 aliphatic rings. The van der Waals surface area contributed by atoms with E-state index in [1.807, 2.05) is 31.9 Å². The molecule has 1 amide bonds. The predicted molar refractivity (Wildman–Crippen MR) is 63.8 cm³/mol. The Bertz CT molecular complexity index is 392. The number of amides is 1. The molecule has 2 atom stereocenters. The predicted octanol–water partition coefficient (Wildman–Crippen LogP) is 1.15. The van der Waals surface area contributed by atoms with Crippen molar-refractivity contribution in [2.24, 2.45) is 0 Å². The first-order valence-electron chi connectivity index (χ1n) is 6.08. The highest BCUT2D eigenvalue weighted by molar-refractivity contribution is 5.92. The fourth-order valence-electron chi connectivity index (χ4n) is 2.16. The Morgan fingerprint density at radius 3 is 2.65 bits per heavy atom. The summed E-state index contributed by atoms with van der Waals surface area (Å²) in [4.78, 5) is 14.0. The zero-order valence-corrected chi connectivity index (χ0v) is 10.6. The number of hydrogen-bond acceptors (Lipinski definition) is 3. The molecule has 1 aromatic rings. The first-order valence-corrected chi connectivity index (χ1v) is 6.08. The normalized spacial score (nSPS) is 25.0. The SMILES string of the molecule is CCn1ccc(C(=O)N2CC(C)OC(C)C2)n1. The van der Waals surface area contributed by atoms with Crippen molar-refractivity contribution in [1.29, 1.82) is 0 Å². The zero-order valence-electron chi connectivity index (χ0n) is 10.6. The van der Waals surface area contributed by atoms with Crippen molar-refractivity contribution in [2.45, 2.75) is 39.5 Å². The highest BCUT2D eigenvalue weighted by Gasteiger charge is 2.27. The molecule has 2 unspecified atom stereocenters. The van der Waals surface area contributed by atoms with Crippen molar-refractivity contribution >= 4 is 5.91 Å². The number of nitrogens with zero attached hydrogens (tertiary/aromatic N) is 3. The summed E-state index contributed by atoms with van der Waals surface area (Å²) in [6.07, 6.45) is 2.02. The first-order chi connectivity index (χ1) is 8.10. The van der Waals surface area contributed by atoms with Crippen LogP contribution in [0.4, 0.5) is 0 Å². The third-order valence-electron chi connectivity index (χ3n) is 2.89. The number of carbonyl (C=O) groups is 1. The second kappa shape index (κ2) is 4.87. The van der Waals surface area contributed by atoms with E-state index in [9.17, 15) is 4.79 Å². The number of aryl methyl sites for hydroxylation is 1. The molecule has 0 N–H and O–H groups in total. The van der Waals surface area contributed by atoms with Gasteiger partial charge in [-0.3, -0.25) is 9.48 Å². The van der Waals surface area contributed by atoms with E-state index in [2.05, 4.69) is 5.10 Å². The van der Waals surface area contributed by atoms with Crippen molar-refractivity contribution in [3.63, 3.8) is 0 Å². The van der Waals surface area contributed by atoms with Crippen LogP contribution in [0.25, 0.3) is 0 Å². The van der Waals surface area contributed by atoms with Crippen LogP contribution in [-0.2, 0) is 11.3 Å². The van der Waals surface area contributed by atoms with Gasteiger partial charge in [0.15, 0.2) is 0 Å². The van der Waals surface area contributed by atoms with Crippen molar-refractivity contribution in [2.75, 3.05) is 13.1 Å². The maximum Gasteiger partial charge on any atom is 0.274 e. The minimum absolute atomic E-state index is 0.000741. The molecule has 0 radical (unpaired) electrons. The highest BCUT2D eigenvalue weighted by atomic mass is 16.5. The topological polar surface area (TPSA) is 47.4 Å². The summed E-state index contributed by atoms with van der Waals surface area (Å²) in [5, 5.41) is 4.24. The summed E-state index contributed by atoms with van der Waals surface area (Å²) in [7, 11) is 0. The molecule has 1 aliphatic heterocycles. The van der Waals surface area contributed by atoms with E-state index in [4.69, 9.17) is 4.74 Å². The monoisotopic (exact) mass is 237 g/mol. The Balaban J connectivity index is 2.08. The summed E-state index contributed by atoms with van der Waals surface area (Å²) in [6, 6.07) is 1.77. The third-order valence-corrected chi connectivity index (χ3v) is 2.89. The van der Waals surface area contributed by atoms with Crippen LogP contribution in [0.1, 0.15) is 31.3 Å². The summed E-state index contributed by atoms with van der Waals surface area (Å²) < 4.78 is 7.37. The molecular weight excluding hydrogens is 218 g/mol. The van der Waals surface area contributed by atoms with E-state index >= 15 is 0 Å². The zero-order chi connectivity index (χ0) is 12.4. The second-order valence-corrected chi connectivity index (χ2v) is 4.52. The molecular formula is C12H19N3O2. The average molecular weight is 237 g/mol. The molecule has 2 rings (SSSR count). The standard InChI is InChI=1S/C12H19N3O2/c1-4-15-6-5-11(13-15)12(16)14-7-9(2)17-10(3)8-14/h5-6,9-10H,4,7-8H2,1-3H3. The van der Waals surface area contributed by atoms with Gasteiger partial charge in [0.2, 0.25) is 0 Å². The van der Waals surface area contributed by atoms with Gasteiger partial charge in [0.1, 0.15) is 5.69 Å². The second-order valence-electron chi connectivity index (χ2n) is 4.52. The number of morpholine rings is 1. The highest BCUT2D eigenvalue weighted by Crippen LogP contribution is 2.13. The molecule has 0 bridgehead atoms. The van der Waals surface area contributed by atoms with Crippen LogP contribution in [0.5, 0.6) is 0 Å². The van der Waals surface area contributed by atoms with E-state index in [1.165, 1.54) is 0 Å². The summed E-state index contributed by atoms with van der Waals surface area (Å²) >= 11 is 0. The minimum atomic E-state index is -0.000741. The van der Waals surface area contributed by atoms with E-state index in [0.717, 1.165) is 6.54 Å². The van der Waals surface area contributed by atoms with Crippen molar-refractivity contribution in [3.05, 3.63) is 18.0 Å². The molecule has 1 aromatic heterocycles. The fourth-order valence-corrected chi connectivity index (χ4v) is 2.16. The van der Waals surface area contributed by atoms with E-state index in [0.29, 0.717) is 18.8 Å². The molecule has 0 spiro atoms. The van der Waals surface area contributed by atoms with Crippen molar-refractivity contribution in [3.8, 4) is 0 Å². The largest absolute Gasteiger partial charge is 0.372 e. The quantitative estimate of drug-likeness (QED) is 0.775. The number of hydrogen-bond donors (Lipinski definition) is 0. The first kappa shape index (κ1) is 12.1. The lowest BCUT2D eigenvalue weighted by Gasteiger charge is -2.34. The van der Waals surface area contributed by atoms with Gasteiger partial charge in [-0.25, -0.2) is 0 Å². The summed E-state index contributed by atoms with van der Waals surface area (Å²) in [5.41, 5.74) is 0.521. The van der Waals surface area contributed by atoms with Crippen LogP contribution in [0, 0.1) is 0 Å². The van der Waals surface area contributed by atoms with Gasteiger partial charge in [-0.1, -0.05) is 0 Å². The summed E-state index contributed by atoms with van der Waals surface area (Å²) in [6.45, 7) is 8.04. The van der Waals surface area contributed by atoms with Gasteiger partial charge in [0, 0.05) is 25.8 Å². The Morgan fingerprint density at radius 1 is 1.47 bits per heavy atom. The summed E-state index contributed by atoms with van der Waals surface area (Å²) in [5.74, 6) is -0.000741. The molecule has 17 heavy (non-hydrogen) atoms. The maximum absolute atomic E-state index is 12.2. The lowest BCUT2D eigenvalue weighted by Crippen LogP contribution is -2.48. The number of rotatable bonds is 2. The molecule has 94 valence electrons. The van der Waals surface area contributed by atoms with Gasteiger partial charge in [-0.2, -0.15) is 5.10 Å². The van der Waals surface area contributed by atoms with Crippen molar-refractivity contribution < 1.29 is 9.53 Å². The molecule has 0 saturated carbocycles. The Kier molecular flexibility index (Phi) is 3.47. The van der Waals surface area contributed by atoms with Gasteiger partial charge in [-0.15, -0.1) is 0 Å². The minimum Gasteiger partial charge on any atom is -0.372 e. The molecule has 2 heterocycles. The lowest BCUT2D eigenvalue weighted by molar-refractivity contribution is -0.0587. The van der Waals surface area contributed by atoms with Crippen LogP contribution in [-0.4, -0.2) is 45.9 Å². The van der Waals surface area contributed by atoms with Gasteiger partial charge in [0.25, 0.3) is 5.91 Å². The third kappa shape index (κ3) is 2.66. The molecule has 5 nitrogen and oxygen atoms in total. The number of aromatic nitrogens is 2. The van der Waals surface area contributed by atoms with Crippen molar-refractivity contribution in [1.82, 2.24) is 14.7 Å². The lowest BCUT2D eigenvalue weighted by atomic mass is 10.2. The number of ether oxygens (including phenoxy) is 1. The number of carbonyl (C=O) groups excluding carboxylic acids is 1. The van der Waals surface area contributed by atoms with Gasteiger partial charge >= 0.3 is 0 Å². The Labute approximate surface area is 101 Å². The van der Waals surface area contributed by atoms with Gasteiger partial charge < -0.3 is 9.64 Å². The Hall–Kier alpha value is -1.36. The molecule has 1 saturated heterocycles. The van der Waals surface area contributed by atoms with Crippen LogP contribution in [0.15, 0.2) is 12.3 Å². The maximum atomic E-state index is 12.2.